The van der Waals surface area contributed by atoms with E-state index in [9.17, 15) is 0 Å². The Morgan fingerprint density at radius 2 is 1.75 bits per heavy atom. The first-order chi connectivity index (χ1) is 5.75. The van der Waals surface area contributed by atoms with Gasteiger partial charge in [-0.05, 0) is 5.56 Å². The molecule has 3 heteroatoms. The van der Waals surface area contributed by atoms with Crippen LogP contribution in [0.5, 0.6) is 0 Å². The van der Waals surface area contributed by atoms with Crippen LogP contribution >= 0.6 is 31.9 Å². The Balaban J connectivity index is 2.71. The molecule has 66 valence electrons. The Bertz CT molecular complexity index is 225. The topological polar surface area (TPSA) is 20.2 Å². The fraction of sp³-hybridized carbons (Fsp3) is 0.333. The SMILES string of the molecule is OCC(Br)C(Br)c1ccccc1. The summed E-state index contributed by atoms with van der Waals surface area (Å²) in [5, 5.41) is 8.89. The van der Waals surface area contributed by atoms with E-state index in [-0.39, 0.29) is 16.3 Å². The molecule has 0 fully saturated rings. The Hall–Kier alpha value is 0.140. The van der Waals surface area contributed by atoms with Crippen LogP contribution in [-0.2, 0) is 0 Å². The Morgan fingerprint density at radius 3 is 2.25 bits per heavy atom. The van der Waals surface area contributed by atoms with Gasteiger partial charge in [0.15, 0.2) is 0 Å². The Morgan fingerprint density at radius 1 is 1.17 bits per heavy atom. The zero-order chi connectivity index (χ0) is 8.97. The van der Waals surface area contributed by atoms with E-state index in [0.29, 0.717) is 0 Å². The van der Waals surface area contributed by atoms with E-state index in [1.54, 1.807) is 0 Å². The highest BCUT2D eigenvalue weighted by atomic mass is 79.9. The van der Waals surface area contributed by atoms with Gasteiger partial charge in [0.2, 0.25) is 0 Å². The second-order valence-electron chi connectivity index (χ2n) is 2.51. The van der Waals surface area contributed by atoms with Crippen molar-refractivity contribution in [3.8, 4) is 0 Å². The van der Waals surface area contributed by atoms with Gasteiger partial charge in [0.05, 0.1) is 16.3 Å². The molecule has 0 spiro atoms. The van der Waals surface area contributed by atoms with Crippen LogP contribution in [0, 0.1) is 0 Å². The predicted octanol–water partition coefficient (Wildman–Crippen LogP) is 2.88. The highest BCUT2D eigenvalue weighted by Crippen LogP contribution is 2.30. The molecule has 0 aromatic heterocycles. The fourth-order valence-corrected chi connectivity index (χ4v) is 1.72. The van der Waals surface area contributed by atoms with Crippen molar-refractivity contribution < 1.29 is 5.11 Å². The summed E-state index contributed by atoms with van der Waals surface area (Å²) < 4.78 is 0. The van der Waals surface area contributed by atoms with Crippen LogP contribution in [0.4, 0.5) is 0 Å². The van der Waals surface area contributed by atoms with Crippen molar-refractivity contribution in [3.05, 3.63) is 35.9 Å². The number of hydrogen-bond donors (Lipinski definition) is 1. The quantitative estimate of drug-likeness (QED) is 0.850. The molecule has 0 aliphatic rings. The maximum atomic E-state index is 8.89. The first-order valence-corrected chi connectivity index (χ1v) is 5.52. The number of hydrogen-bond acceptors (Lipinski definition) is 1. The minimum Gasteiger partial charge on any atom is -0.395 e. The van der Waals surface area contributed by atoms with Gasteiger partial charge in [-0.1, -0.05) is 62.2 Å². The standard InChI is InChI=1S/C9H10Br2O/c10-8(6-12)9(11)7-4-2-1-3-5-7/h1-5,8-9,12H,6H2. The van der Waals surface area contributed by atoms with Gasteiger partial charge >= 0.3 is 0 Å². The molecule has 1 N–H and O–H groups in total. The number of halogens is 2. The molecular weight excluding hydrogens is 284 g/mol. The van der Waals surface area contributed by atoms with Gasteiger partial charge < -0.3 is 5.11 Å². The number of alkyl halides is 2. The lowest BCUT2D eigenvalue weighted by molar-refractivity contribution is 0.296. The summed E-state index contributed by atoms with van der Waals surface area (Å²) in [7, 11) is 0. The zero-order valence-corrected chi connectivity index (χ0v) is 9.62. The van der Waals surface area contributed by atoms with Crippen LogP contribution in [-0.4, -0.2) is 16.5 Å². The summed E-state index contributed by atoms with van der Waals surface area (Å²) in [6.45, 7) is 0.130. The van der Waals surface area contributed by atoms with E-state index >= 15 is 0 Å². The fourth-order valence-electron chi connectivity index (χ4n) is 0.938. The van der Waals surface area contributed by atoms with E-state index < -0.39 is 0 Å². The van der Waals surface area contributed by atoms with Crippen molar-refractivity contribution in [1.29, 1.82) is 0 Å². The van der Waals surface area contributed by atoms with Crippen molar-refractivity contribution in [2.45, 2.75) is 9.65 Å². The highest BCUT2D eigenvalue weighted by molar-refractivity contribution is 9.12. The molecule has 0 aliphatic carbocycles. The van der Waals surface area contributed by atoms with Gasteiger partial charge in [-0.25, -0.2) is 0 Å². The van der Waals surface area contributed by atoms with Gasteiger partial charge in [0.1, 0.15) is 0 Å². The van der Waals surface area contributed by atoms with E-state index in [4.69, 9.17) is 5.11 Å². The molecule has 1 aromatic carbocycles. The maximum Gasteiger partial charge on any atom is 0.0570 e. The van der Waals surface area contributed by atoms with Gasteiger partial charge in [-0.2, -0.15) is 0 Å². The van der Waals surface area contributed by atoms with Crippen molar-refractivity contribution >= 4 is 31.9 Å². The number of aliphatic hydroxyl groups is 1. The largest absolute Gasteiger partial charge is 0.395 e. The van der Waals surface area contributed by atoms with Crippen LogP contribution in [0.2, 0.25) is 0 Å². The maximum absolute atomic E-state index is 8.89. The van der Waals surface area contributed by atoms with Gasteiger partial charge in [0.25, 0.3) is 0 Å². The molecule has 1 rings (SSSR count). The van der Waals surface area contributed by atoms with Gasteiger partial charge in [0, 0.05) is 0 Å². The second kappa shape index (κ2) is 5.00. The number of rotatable bonds is 3. The lowest BCUT2D eigenvalue weighted by Gasteiger charge is -2.14. The van der Waals surface area contributed by atoms with Crippen molar-refractivity contribution in [1.82, 2.24) is 0 Å². The number of benzene rings is 1. The summed E-state index contributed by atoms with van der Waals surface area (Å²) in [5.41, 5.74) is 1.17. The van der Waals surface area contributed by atoms with Crippen molar-refractivity contribution in [2.75, 3.05) is 6.61 Å². The van der Waals surface area contributed by atoms with Crippen molar-refractivity contribution in [2.24, 2.45) is 0 Å². The lowest BCUT2D eigenvalue weighted by Crippen LogP contribution is -2.10. The van der Waals surface area contributed by atoms with Crippen LogP contribution in [0.1, 0.15) is 10.4 Å². The van der Waals surface area contributed by atoms with Crippen LogP contribution in [0.15, 0.2) is 30.3 Å². The smallest absolute Gasteiger partial charge is 0.0570 e. The minimum atomic E-state index is 0.0694. The first kappa shape index (κ1) is 10.2. The third-order valence-electron chi connectivity index (χ3n) is 1.61. The molecule has 0 aliphatic heterocycles. The normalized spacial score (nSPS) is 15.6. The summed E-state index contributed by atoms with van der Waals surface area (Å²) >= 11 is 6.89. The van der Waals surface area contributed by atoms with Crippen LogP contribution in [0.3, 0.4) is 0 Å². The summed E-state index contributed by atoms with van der Waals surface area (Å²) in [4.78, 5) is 0.239. The molecule has 12 heavy (non-hydrogen) atoms. The third-order valence-corrected chi connectivity index (χ3v) is 4.30. The average Bonchev–Trinajstić information content (AvgIpc) is 2.17. The molecule has 0 heterocycles. The lowest BCUT2D eigenvalue weighted by atomic mass is 10.1. The van der Waals surface area contributed by atoms with Crippen molar-refractivity contribution in [3.63, 3.8) is 0 Å². The molecule has 0 bridgehead atoms. The van der Waals surface area contributed by atoms with Gasteiger partial charge in [-0.3, -0.25) is 0 Å². The monoisotopic (exact) mass is 292 g/mol. The molecule has 2 unspecified atom stereocenters. The van der Waals surface area contributed by atoms with Gasteiger partial charge in [-0.15, -0.1) is 0 Å². The Kier molecular flexibility index (Phi) is 4.26. The minimum absolute atomic E-state index is 0.0694. The molecule has 0 radical (unpaired) electrons. The van der Waals surface area contributed by atoms with E-state index in [1.807, 2.05) is 30.3 Å². The third kappa shape index (κ3) is 2.57. The predicted molar refractivity (Wildman–Crippen MR) is 57.9 cm³/mol. The molecule has 1 nitrogen and oxygen atoms in total. The number of aliphatic hydroxyl groups excluding tert-OH is 1. The van der Waals surface area contributed by atoms with E-state index in [1.165, 1.54) is 5.56 Å². The molecule has 2 atom stereocenters. The summed E-state index contributed by atoms with van der Waals surface area (Å²) in [6.07, 6.45) is 0. The zero-order valence-electron chi connectivity index (χ0n) is 6.45. The molecule has 1 aromatic rings. The second-order valence-corrected chi connectivity index (χ2v) is 4.67. The van der Waals surface area contributed by atoms with E-state index in [0.717, 1.165) is 0 Å². The van der Waals surface area contributed by atoms with E-state index in [2.05, 4.69) is 31.9 Å². The Labute approximate surface area is 89.1 Å². The molecular formula is C9H10Br2O. The summed E-state index contributed by atoms with van der Waals surface area (Å²) in [5.74, 6) is 0. The highest BCUT2D eigenvalue weighted by Gasteiger charge is 2.15. The van der Waals surface area contributed by atoms with Crippen LogP contribution < -0.4 is 0 Å². The molecule has 0 saturated heterocycles. The van der Waals surface area contributed by atoms with Crippen LogP contribution in [0.25, 0.3) is 0 Å². The first-order valence-electron chi connectivity index (χ1n) is 3.69. The summed E-state index contributed by atoms with van der Waals surface area (Å²) in [6, 6.07) is 10.0. The average molecular weight is 294 g/mol. The molecule has 0 amide bonds. The molecule has 0 saturated carbocycles.